The van der Waals surface area contributed by atoms with Crippen molar-refractivity contribution < 1.29 is 19.1 Å². The largest absolute Gasteiger partial charge is 0.491 e. The molecule has 1 aromatic carbocycles. The van der Waals surface area contributed by atoms with E-state index in [2.05, 4.69) is 5.32 Å². The van der Waals surface area contributed by atoms with E-state index in [1.165, 1.54) is 5.56 Å². The maximum absolute atomic E-state index is 11.8. The Morgan fingerprint density at radius 2 is 2.00 bits per heavy atom. The molecule has 6 heteroatoms. The lowest BCUT2D eigenvalue weighted by molar-refractivity contribution is -0.124. The third-order valence-corrected chi connectivity index (χ3v) is 3.50. The highest BCUT2D eigenvalue weighted by Gasteiger charge is 2.12. The molecule has 0 bridgehead atoms. The molecule has 0 aliphatic rings. The maximum Gasteiger partial charge on any atom is 0.355 e. The summed E-state index contributed by atoms with van der Waals surface area (Å²) in [6.45, 7) is 4.38. The Bertz CT molecular complexity index is 722. The molecule has 0 aliphatic carbocycles. The molecule has 0 unspecified atom stereocenters. The van der Waals surface area contributed by atoms with Gasteiger partial charge >= 0.3 is 5.97 Å². The van der Waals surface area contributed by atoms with Crippen molar-refractivity contribution >= 4 is 11.9 Å². The van der Waals surface area contributed by atoms with E-state index >= 15 is 0 Å². The molecule has 2 aromatic rings. The molecule has 0 saturated heterocycles. The van der Waals surface area contributed by atoms with Crippen LogP contribution in [-0.2, 0) is 16.6 Å². The van der Waals surface area contributed by atoms with Crippen molar-refractivity contribution in [1.82, 2.24) is 9.88 Å². The first-order valence-corrected chi connectivity index (χ1v) is 7.72. The smallest absolute Gasteiger partial charge is 0.355 e. The third kappa shape index (κ3) is 4.87. The van der Waals surface area contributed by atoms with Gasteiger partial charge in [0, 0.05) is 13.2 Å². The number of nitrogens with one attached hydrogen (secondary N) is 1. The van der Waals surface area contributed by atoms with E-state index in [1.54, 1.807) is 29.9 Å². The summed E-state index contributed by atoms with van der Waals surface area (Å²) in [6.07, 6.45) is 1.74. The molecule has 24 heavy (non-hydrogen) atoms. The molecule has 0 saturated carbocycles. The summed E-state index contributed by atoms with van der Waals surface area (Å²) in [5.41, 5.74) is 2.63. The standard InChI is InChI=1S/C18H22N2O4/c1-13-6-7-16(14(2)11-13)23-10-8-19-17(21)12-24-18(22)15-5-4-9-20(15)3/h4-7,9,11H,8,10,12H2,1-3H3,(H,19,21). The Balaban J connectivity index is 1.66. The van der Waals surface area contributed by atoms with Gasteiger partial charge in [0.05, 0.1) is 6.54 Å². The lowest BCUT2D eigenvalue weighted by Gasteiger charge is -2.10. The van der Waals surface area contributed by atoms with Crippen LogP contribution >= 0.6 is 0 Å². The Hall–Kier alpha value is -2.76. The second kappa shape index (κ2) is 8.19. The topological polar surface area (TPSA) is 69.6 Å². The minimum Gasteiger partial charge on any atom is -0.491 e. The van der Waals surface area contributed by atoms with E-state index in [0.717, 1.165) is 11.3 Å². The highest BCUT2D eigenvalue weighted by molar-refractivity contribution is 5.89. The first-order chi connectivity index (χ1) is 11.5. The van der Waals surface area contributed by atoms with E-state index in [-0.39, 0.29) is 12.5 Å². The number of aryl methyl sites for hydroxylation is 3. The van der Waals surface area contributed by atoms with E-state index in [0.29, 0.717) is 18.8 Å². The SMILES string of the molecule is Cc1ccc(OCCNC(=O)COC(=O)c2cccn2C)c(C)c1. The summed E-state index contributed by atoms with van der Waals surface area (Å²) in [4.78, 5) is 23.4. The second-order valence-electron chi connectivity index (χ2n) is 5.55. The summed E-state index contributed by atoms with van der Waals surface area (Å²) < 4.78 is 12.2. The van der Waals surface area contributed by atoms with Crippen LogP contribution in [0.2, 0.25) is 0 Å². The molecule has 0 atom stereocenters. The molecule has 6 nitrogen and oxygen atoms in total. The number of rotatable bonds is 7. The molecule has 0 fully saturated rings. The first-order valence-electron chi connectivity index (χ1n) is 7.72. The Labute approximate surface area is 141 Å². The fraction of sp³-hybridized carbons (Fsp3) is 0.333. The van der Waals surface area contributed by atoms with Gasteiger partial charge in [-0.15, -0.1) is 0 Å². The molecule has 1 aromatic heterocycles. The van der Waals surface area contributed by atoms with Crippen LogP contribution in [0.15, 0.2) is 36.5 Å². The monoisotopic (exact) mass is 330 g/mol. The Morgan fingerprint density at radius 1 is 1.21 bits per heavy atom. The van der Waals surface area contributed by atoms with Crippen LogP contribution in [0.25, 0.3) is 0 Å². The number of benzene rings is 1. The molecule has 128 valence electrons. The lowest BCUT2D eigenvalue weighted by Crippen LogP contribution is -2.32. The zero-order valence-corrected chi connectivity index (χ0v) is 14.2. The van der Waals surface area contributed by atoms with Crippen LogP contribution in [0.1, 0.15) is 21.6 Å². The quantitative estimate of drug-likeness (QED) is 0.623. The second-order valence-corrected chi connectivity index (χ2v) is 5.55. The normalized spacial score (nSPS) is 10.3. The van der Waals surface area contributed by atoms with Gasteiger partial charge in [0.25, 0.3) is 5.91 Å². The fourth-order valence-corrected chi connectivity index (χ4v) is 2.24. The minimum atomic E-state index is -0.524. The average Bonchev–Trinajstić information content (AvgIpc) is 2.97. The number of aromatic nitrogens is 1. The van der Waals surface area contributed by atoms with Crippen molar-refractivity contribution in [3.8, 4) is 5.75 Å². The summed E-state index contributed by atoms with van der Waals surface area (Å²) in [6, 6.07) is 9.30. The minimum absolute atomic E-state index is 0.312. The number of carbonyl (C=O) groups excluding carboxylic acids is 2. The van der Waals surface area contributed by atoms with Gasteiger partial charge in [-0.2, -0.15) is 0 Å². The molecule has 1 amide bonds. The van der Waals surface area contributed by atoms with Crippen LogP contribution < -0.4 is 10.1 Å². The molecular weight excluding hydrogens is 308 g/mol. The average molecular weight is 330 g/mol. The number of ether oxygens (including phenoxy) is 2. The molecular formula is C18H22N2O4. The highest BCUT2D eigenvalue weighted by Crippen LogP contribution is 2.18. The third-order valence-electron chi connectivity index (χ3n) is 3.50. The molecule has 2 rings (SSSR count). The lowest BCUT2D eigenvalue weighted by atomic mass is 10.1. The molecule has 1 N–H and O–H groups in total. The van der Waals surface area contributed by atoms with E-state index < -0.39 is 5.97 Å². The Kier molecular flexibility index (Phi) is 6.01. The molecule has 0 aliphatic heterocycles. The van der Waals surface area contributed by atoms with Gasteiger partial charge in [0.2, 0.25) is 0 Å². The molecule has 0 spiro atoms. The summed E-state index contributed by atoms with van der Waals surface area (Å²) >= 11 is 0. The zero-order valence-electron chi connectivity index (χ0n) is 14.2. The van der Waals surface area contributed by atoms with E-state index in [1.807, 2.05) is 32.0 Å². The van der Waals surface area contributed by atoms with Crippen LogP contribution in [0, 0.1) is 13.8 Å². The number of esters is 1. The predicted octanol–water partition coefficient (Wildman–Crippen LogP) is 1.99. The van der Waals surface area contributed by atoms with Crippen molar-refractivity contribution in [1.29, 1.82) is 0 Å². The van der Waals surface area contributed by atoms with Gasteiger partial charge in [-0.25, -0.2) is 4.79 Å². The summed E-state index contributed by atoms with van der Waals surface area (Å²) in [5.74, 6) is -0.0871. The van der Waals surface area contributed by atoms with Gasteiger partial charge in [0.1, 0.15) is 18.1 Å². The van der Waals surface area contributed by atoms with Gasteiger partial charge in [-0.3, -0.25) is 4.79 Å². The van der Waals surface area contributed by atoms with Crippen molar-refractivity contribution in [2.75, 3.05) is 19.8 Å². The van der Waals surface area contributed by atoms with Crippen LogP contribution in [0.3, 0.4) is 0 Å². The van der Waals surface area contributed by atoms with Crippen LogP contribution in [0.4, 0.5) is 0 Å². The predicted molar refractivity (Wildman–Crippen MR) is 90.1 cm³/mol. The number of amides is 1. The summed E-state index contributed by atoms with van der Waals surface area (Å²) in [7, 11) is 1.74. The van der Waals surface area contributed by atoms with E-state index in [4.69, 9.17) is 9.47 Å². The van der Waals surface area contributed by atoms with Crippen molar-refractivity contribution in [2.24, 2.45) is 7.05 Å². The van der Waals surface area contributed by atoms with Crippen molar-refractivity contribution in [2.45, 2.75) is 13.8 Å². The van der Waals surface area contributed by atoms with E-state index in [9.17, 15) is 9.59 Å². The molecule has 0 radical (unpaired) electrons. The van der Waals surface area contributed by atoms with Crippen molar-refractivity contribution in [3.05, 3.63) is 53.3 Å². The maximum atomic E-state index is 11.8. The number of hydrogen-bond donors (Lipinski definition) is 1. The zero-order chi connectivity index (χ0) is 17.5. The van der Waals surface area contributed by atoms with Crippen molar-refractivity contribution in [3.63, 3.8) is 0 Å². The van der Waals surface area contributed by atoms with Crippen LogP contribution in [0.5, 0.6) is 5.75 Å². The van der Waals surface area contributed by atoms with Gasteiger partial charge in [-0.05, 0) is 37.6 Å². The highest BCUT2D eigenvalue weighted by atomic mass is 16.5. The molecule has 1 heterocycles. The summed E-state index contributed by atoms with van der Waals surface area (Å²) in [5, 5.41) is 2.65. The number of nitrogens with zero attached hydrogens (tertiary/aromatic N) is 1. The Morgan fingerprint density at radius 3 is 2.67 bits per heavy atom. The van der Waals surface area contributed by atoms with Gasteiger partial charge < -0.3 is 19.4 Å². The number of hydrogen-bond acceptors (Lipinski definition) is 4. The first kappa shape index (κ1) is 17.6. The van der Waals surface area contributed by atoms with Gasteiger partial charge in [0.15, 0.2) is 6.61 Å². The van der Waals surface area contributed by atoms with Crippen LogP contribution in [-0.4, -0.2) is 36.2 Å². The fourth-order valence-electron chi connectivity index (χ4n) is 2.24. The van der Waals surface area contributed by atoms with Gasteiger partial charge in [-0.1, -0.05) is 17.7 Å². The number of carbonyl (C=O) groups is 2.